The minimum absolute atomic E-state index is 0.0260. The van der Waals surface area contributed by atoms with E-state index in [1.165, 1.54) is 10.1 Å². The van der Waals surface area contributed by atoms with Crippen molar-refractivity contribution in [1.82, 2.24) is 5.32 Å². The van der Waals surface area contributed by atoms with E-state index in [-0.39, 0.29) is 17.7 Å². The molecule has 4 rings (SSSR count). The number of hydrogen-bond acceptors (Lipinski definition) is 3. The molecule has 2 atom stereocenters. The Morgan fingerprint density at radius 2 is 1.97 bits per heavy atom. The Morgan fingerprint density at radius 3 is 2.79 bits per heavy atom. The predicted octanol–water partition coefficient (Wildman–Crippen LogP) is 4.91. The summed E-state index contributed by atoms with van der Waals surface area (Å²) >= 11 is 1.70. The molecule has 2 heterocycles. The number of anilines is 1. The Hall–Kier alpha value is -2.66. The molecule has 0 spiro atoms. The Morgan fingerprint density at radius 1 is 1.21 bits per heavy atom. The maximum Gasteiger partial charge on any atom is 0.249 e. The molecule has 3 aromatic rings. The van der Waals surface area contributed by atoms with Gasteiger partial charge in [0.05, 0.1) is 6.54 Å². The quantitative estimate of drug-likeness (QED) is 0.654. The van der Waals surface area contributed by atoms with E-state index in [4.69, 9.17) is 0 Å². The number of amides is 2. The summed E-state index contributed by atoms with van der Waals surface area (Å²) < 4.78 is 1.22. The second-order valence-corrected chi connectivity index (χ2v) is 8.63. The lowest BCUT2D eigenvalue weighted by atomic mass is 10.0. The maximum absolute atomic E-state index is 13.5. The summed E-state index contributed by atoms with van der Waals surface area (Å²) in [5.74, 6) is -0.165. The smallest absolute Gasteiger partial charge is 0.249 e. The van der Waals surface area contributed by atoms with Gasteiger partial charge < -0.3 is 10.2 Å². The molecule has 1 aliphatic heterocycles. The summed E-state index contributed by atoms with van der Waals surface area (Å²) in [6.07, 6.45) is 2.16. The number of carbonyl (C=O) groups excluding carboxylic acids is 2. The van der Waals surface area contributed by atoms with E-state index in [2.05, 4.69) is 28.9 Å². The van der Waals surface area contributed by atoms with Gasteiger partial charge in [0.2, 0.25) is 11.8 Å². The van der Waals surface area contributed by atoms with Gasteiger partial charge in [-0.1, -0.05) is 50.2 Å². The molecule has 2 aromatic carbocycles. The molecule has 1 aromatic heterocycles. The fourth-order valence-electron chi connectivity index (χ4n) is 3.84. The SMILES string of the molecule is CC[C@@H](C)C(=O)N[C@H]1CCc2ccccc2N(Cc2csc3ccccc23)C1=O. The molecular weight excluding hydrogens is 380 g/mol. The van der Waals surface area contributed by atoms with Gasteiger partial charge >= 0.3 is 0 Å². The van der Waals surface area contributed by atoms with Crippen LogP contribution in [0.25, 0.3) is 10.1 Å². The molecular formula is C24H26N2O2S. The van der Waals surface area contributed by atoms with Crippen LogP contribution in [0.2, 0.25) is 0 Å². The van der Waals surface area contributed by atoms with E-state index < -0.39 is 6.04 Å². The van der Waals surface area contributed by atoms with Crippen molar-refractivity contribution in [2.45, 2.75) is 45.7 Å². The molecule has 1 aliphatic rings. The topological polar surface area (TPSA) is 49.4 Å². The largest absolute Gasteiger partial charge is 0.344 e. The second kappa shape index (κ2) is 8.37. The van der Waals surface area contributed by atoms with E-state index in [9.17, 15) is 9.59 Å². The summed E-state index contributed by atoms with van der Waals surface area (Å²) in [4.78, 5) is 27.9. The Kier molecular flexibility index (Phi) is 5.67. The maximum atomic E-state index is 13.5. The summed E-state index contributed by atoms with van der Waals surface area (Å²) in [5.41, 5.74) is 3.25. The van der Waals surface area contributed by atoms with Crippen LogP contribution in [0.3, 0.4) is 0 Å². The molecule has 0 saturated carbocycles. The van der Waals surface area contributed by atoms with Crippen LogP contribution in [0.15, 0.2) is 53.9 Å². The fraction of sp³-hybridized carbons (Fsp3) is 0.333. The predicted molar refractivity (Wildman–Crippen MR) is 119 cm³/mol. The number of thiophene rings is 1. The summed E-state index contributed by atoms with van der Waals surface area (Å²) in [5, 5.41) is 6.34. The van der Waals surface area contributed by atoms with Crippen molar-refractivity contribution in [1.29, 1.82) is 0 Å². The average molecular weight is 407 g/mol. The molecule has 0 fully saturated rings. The standard InChI is InChI=1S/C24H26N2O2S/c1-3-16(2)23(27)25-20-13-12-17-8-4-6-10-21(17)26(24(20)28)14-18-15-29-22-11-7-5-9-19(18)22/h4-11,15-16,20H,3,12-14H2,1-2H3,(H,25,27)/t16-,20+/m1/s1. The Balaban J connectivity index is 1.68. The molecule has 29 heavy (non-hydrogen) atoms. The van der Waals surface area contributed by atoms with E-state index in [1.54, 1.807) is 11.3 Å². The van der Waals surface area contributed by atoms with Gasteiger partial charge in [-0.15, -0.1) is 11.3 Å². The van der Waals surface area contributed by atoms with Crippen LogP contribution in [0.1, 0.15) is 37.8 Å². The minimum atomic E-state index is -0.492. The lowest BCUT2D eigenvalue weighted by Crippen LogP contribution is -2.49. The zero-order valence-corrected chi connectivity index (χ0v) is 17.7. The minimum Gasteiger partial charge on any atom is -0.344 e. The zero-order valence-electron chi connectivity index (χ0n) is 16.9. The number of fused-ring (bicyclic) bond motifs is 2. The number of para-hydroxylation sites is 1. The number of rotatable bonds is 5. The van der Waals surface area contributed by atoms with Gasteiger partial charge in [0.15, 0.2) is 0 Å². The highest BCUT2D eigenvalue weighted by Crippen LogP contribution is 2.32. The van der Waals surface area contributed by atoms with Crippen molar-refractivity contribution in [3.8, 4) is 0 Å². The third-order valence-corrected chi connectivity index (χ3v) is 6.83. The van der Waals surface area contributed by atoms with Crippen molar-refractivity contribution in [2.75, 3.05) is 4.90 Å². The summed E-state index contributed by atoms with van der Waals surface area (Å²) in [6, 6.07) is 15.9. The van der Waals surface area contributed by atoms with Gasteiger partial charge in [-0.25, -0.2) is 0 Å². The van der Waals surface area contributed by atoms with Crippen LogP contribution >= 0.6 is 11.3 Å². The Labute approximate surface area is 175 Å². The van der Waals surface area contributed by atoms with Gasteiger partial charge in [0.25, 0.3) is 0 Å². The molecule has 0 aliphatic carbocycles. The van der Waals surface area contributed by atoms with Gasteiger partial charge in [0.1, 0.15) is 6.04 Å². The van der Waals surface area contributed by atoms with Gasteiger partial charge in [-0.2, -0.15) is 0 Å². The van der Waals surface area contributed by atoms with Crippen LogP contribution in [0.4, 0.5) is 5.69 Å². The van der Waals surface area contributed by atoms with E-state index in [0.29, 0.717) is 13.0 Å². The van der Waals surface area contributed by atoms with Gasteiger partial charge in [-0.3, -0.25) is 9.59 Å². The van der Waals surface area contributed by atoms with E-state index in [0.717, 1.165) is 29.7 Å². The van der Waals surface area contributed by atoms with Gasteiger partial charge in [-0.05, 0) is 53.3 Å². The monoisotopic (exact) mass is 406 g/mol. The van der Waals surface area contributed by atoms with E-state index in [1.807, 2.05) is 49.1 Å². The fourth-order valence-corrected chi connectivity index (χ4v) is 4.79. The number of hydrogen-bond donors (Lipinski definition) is 1. The lowest BCUT2D eigenvalue weighted by Gasteiger charge is -2.27. The Bertz CT molecular complexity index is 1040. The highest BCUT2D eigenvalue weighted by Gasteiger charge is 2.32. The normalized spacial score (nSPS) is 17.7. The van der Waals surface area contributed by atoms with Crippen molar-refractivity contribution in [3.63, 3.8) is 0 Å². The van der Waals surface area contributed by atoms with E-state index >= 15 is 0 Å². The molecule has 0 bridgehead atoms. The first-order chi connectivity index (χ1) is 14.1. The number of benzene rings is 2. The summed E-state index contributed by atoms with van der Waals surface area (Å²) in [6.45, 7) is 4.40. The number of carbonyl (C=O) groups is 2. The van der Waals surface area contributed by atoms with Crippen LogP contribution in [-0.4, -0.2) is 17.9 Å². The number of nitrogens with zero attached hydrogens (tertiary/aromatic N) is 1. The second-order valence-electron chi connectivity index (χ2n) is 7.72. The number of aryl methyl sites for hydroxylation is 1. The first-order valence-electron chi connectivity index (χ1n) is 10.2. The molecule has 0 saturated heterocycles. The lowest BCUT2D eigenvalue weighted by molar-refractivity contribution is -0.129. The van der Waals surface area contributed by atoms with Crippen LogP contribution in [-0.2, 0) is 22.6 Å². The third-order valence-electron chi connectivity index (χ3n) is 5.81. The first-order valence-corrected chi connectivity index (χ1v) is 11.1. The molecule has 150 valence electrons. The number of nitrogens with one attached hydrogen (secondary N) is 1. The molecule has 2 amide bonds. The third kappa shape index (κ3) is 3.92. The van der Waals surface area contributed by atoms with Crippen LogP contribution < -0.4 is 10.2 Å². The summed E-state index contributed by atoms with van der Waals surface area (Å²) in [7, 11) is 0. The molecule has 0 radical (unpaired) electrons. The average Bonchev–Trinajstić information content (AvgIpc) is 3.11. The van der Waals surface area contributed by atoms with Crippen LogP contribution in [0, 0.1) is 5.92 Å². The molecule has 0 unspecified atom stereocenters. The van der Waals surface area contributed by atoms with Crippen molar-refractivity contribution >= 4 is 38.9 Å². The molecule has 5 heteroatoms. The molecule has 4 nitrogen and oxygen atoms in total. The highest BCUT2D eigenvalue weighted by atomic mass is 32.1. The zero-order chi connectivity index (χ0) is 20.4. The highest BCUT2D eigenvalue weighted by molar-refractivity contribution is 7.17. The van der Waals surface area contributed by atoms with Crippen LogP contribution in [0.5, 0.6) is 0 Å². The van der Waals surface area contributed by atoms with Crippen molar-refractivity contribution in [3.05, 3.63) is 65.0 Å². The van der Waals surface area contributed by atoms with Gasteiger partial charge in [0, 0.05) is 16.3 Å². The van der Waals surface area contributed by atoms with Crippen molar-refractivity contribution < 1.29 is 9.59 Å². The molecule has 1 N–H and O–H groups in total. The first kappa shape index (κ1) is 19.6. The van der Waals surface area contributed by atoms with Crippen molar-refractivity contribution in [2.24, 2.45) is 5.92 Å².